The van der Waals surface area contributed by atoms with Gasteiger partial charge in [-0.3, -0.25) is 24.7 Å². The SMILES string of the molecule is CC(C)c1ccccc1[C@@H]1CCCN1C1CC2(CCN(c3cc(Oc4cnc5[nH]ccc5c4)c(C(=O)NS(=O)(=O)c4ccc(NCC5(F)CCN(C6CCOCC6)CC5)c([N+](=O)[O-])c4)cn3)CC2)C1. The van der Waals surface area contributed by atoms with Gasteiger partial charge in [-0.25, -0.2) is 27.5 Å². The van der Waals surface area contributed by atoms with Crippen LogP contribution in [0.1, 0.15) is 112 Å². The Balaban J connectivity index is 0.817. The number of aromatic amines is 1. The molecule has 1 atom stereocenters. The Labute approximate surface area is 402 Å². The number of sulfonamides is 1. The number of carbonyl (C=O) groups excluding carboxylic acids is 1. The Hall–Kier alpha value is -5.69. The predicted molar refractivity (Wildman–Crippen MR) is 261 cm³/mol. The minimum atomic E-state index is -4.67. The molecule has 0 unspecified atom stereocenters. The fourth-order valence-corrected chi connectivity index (χ4v) is 12.6. The van der Waals surface area contributed by atoms with E-state index in [0.717, 1.165) is 62.8 Å². The fraction of sp³-hybridized carbons (Fsp3) is 0.510. The number of aromatic nitrogens is 3. The number of nitro groups is 1. The summed E-state index contributed by atoms with van der Waals surface area (Å²) in [6, 6.07) is 18.8. The predicted octanol–water partition coefficient (Wildman–Crippen LogP) is 8.88. The fourth-order valence-electron chi connectivity index (χ4n) is 11.6. The van der Waals surface area contributed by atoms with Crippen molar-refractivity contribution in [1.29, 1.82) is 0 Å². The second-order valence-corrected chi connectivity index (χ2v) is 21.9. The number of carbonyl (C=O) groups is 1. The number of pyridine rings is 2. The molecule has 5 fully saturated rings. The van der Waals surface area contributed by atoms with Crippen LogP contribution in [-0.4, -0.2) is 114 Å². The van der Waals surface area contributed by atoms with E-state index in [0.29, 0.717) is 67.6 Å². The number of nitro benzene ring substituents is 1. The number of benzene rings is 2. The van der Waals surface area contributed by atoms with Gasteiger partial charge >= 0.3 is 0 Å². The zero-order valence-corrected chi connectivity index (χ0v) is 40.2. The van der Waals surface area contributed by atoms with E-state index in [1.165, 1.54) is 55.3 Å². The second kappa shape index (κ2) is 19.2. The highest BCUT2D eigenvalue weighted by atomic mass is 32.2. The minimum Gasteiger partial charge on any atom is -0.455 e. The molecule has 0 radical (unpaired) electrons. The molecule has 5 aliphatic rings. The Bertz CT molecular complexity index is 2790. The minimum absolute atomic E-state index is 0.0260. The number of alkyl halides is 1. The third kappa shape index (κ3) is 9.90. The number of hydrogen-bond donors (Lipinski definition) is 3. The average Bonchev–Trinajstić information content (AvgIpc) is 4.03. The smallest absolute Gasteiger partial charge is 0.293 e. The van der Waals surface area contributed by atoms with Crippen molar-refractivity contribution in [1.82, 2.24) is 29.5 Å². The van der Waals surface area contributed by atoms with Crippen LogP contribution >= 0.6 is 0 Å². The monoisotopic (exact) mass is 963 g/mol. The first-order valence-corrected chi connectivity index (χ1v) is 26.0. The van der Waals surface area contributed by atoms with Crippen molar-refractivity contribution in [3.63, 3.8) is 0 Å². The van der Waals surface area contributed by atoms with Crippen LogP contribution in [0.15, 0.2) is 84.1 Å². The van der Waals surface area contributed by atoms with Crippen molar-refractivity contribution in [3.8, 4) is 11.5 Å². The van der Waals surface area contributed by atoms with E-state index in [1.807, 2.05) is 6.07 Å². The van der Waals surface area contributed by atoms with Gasteiger partial charge in [0.2, 0.25) is 0 Å². The van der Waals surface area contributed by atoms with Crippen LogP contribution in [0.25, 0.3) is 11.0 Å². The van der Waals surface area contributed by atoms with Crippen LogP contribution in [-0.2, 0) is 14.8 Å². The average molecular weight is 964 g/mol. The highest BCUT2D eigenvalue weighted by Gasteiger charge is 2.50. The van der Waals surface area contributed by atoms with Gasteiger partial charge < -0.3 is 24.7 Å². The van der Waals surface area contributed by atoms with Crippen LogP contribution in [0, 0.1) is 15.5 Å². The largest absolute Gasteiger partial charge is 0.455 e. The molecule has 1 saturated carbocycles. The number of amides is 1. The van der Waals surface area contributed by atoms with Crippen molar-refractivity contribution < 1.29 is 32.0 Å². The number of piperidine rings is 2. The third-order valence-corrected chi connectivity index (χ3v) is 17.0. The van der Waals surface area contributed by atoms with E-state index in [-0.39, 0.29) is 41.8 Å². The number of nitrogens with zero attached hydrogens (tertiary/aromatic N) is 6. The number of anilines is 2. The molecule has 1 aliphatic carbocycles. The molecule has 3 aromatic heterocycles. The lowest BCUT2D eigenvalue weighted by atomic mass is 9.60. The molecule has 2 aromatic carbocycles. The summed E-state index contributed by atoms with van der Waals surface area (Å²) in [5, 5.41) is 15.9. The molecule has 1 amide bonds. The van der Waals surface area contributed by atoms with Crippen molar-refractivity contribution >= 4 is 44.2 Å². The standard InChI is InChI=1S/C51H62FN9O7S/c1-34(2)40-6-3-4-7-41(40)44-8-5-19-60(44)37-29-50(30-37)14-20-59(21-15-50)47-28-46(68-38-26-35-11-18-53-48(35)55-31-38)42(32-54-47)49(62)57-69(65,66)39-9-10-43(45(27-39)61(63)64)56-33-51(52)16-22-58(23-17-51)36-12-24-67-25-13-36/h3-4,6-7,9-11,18,26-28,31-32,34,36-37,44,56H,5,8,12-17,19-25,29-30,33H2,1-2H3,(H,53,55)(H,57,62)/t44-/m0/s1. The normalized spacial score (nSPS) is 21.4. The number of halogens is 1. The quantitative estimate of drug-likeness (QED) is 0.0708. The molecule has 7 heterocycles. The van der Waals surface area contributed by atoms with E-state index in [4.69, 9.17) is 9.47 Å². The molecule has 366 valence electrons. The Morgan fingerprint density at radius 1 is 0.957 bits per heavy atom. The van der Waals surface area contributed by atoms with Crippen molar-refractivity contribution in [2.24, 2.45) is 5.41 Å². The van der Waals surface area contributed by atoms with Gasteiger partial charge in [0.15, 0.2) is 0 Å². The topological polar surface area (TPSA) is 188 Å². The Kier molecular flexibility index (Phi) is 13.1. The molecule has 69 heavy (non-hydrogen) atoms. The first-order valence-electron chi connectivity index (χ1n) is 24.6. The number of ether oxygens (including phenoxy) is 2. The molecule has 18 heteroatoms. The van der Waals surface area contributed by atoms with Gasteiger partial charge in [0.1, 0.15) is 39.9 Å². The van der Waals surface area contributed by atoms with Crippen LogP contribution in [0.2, 0.25) is 0 Å². The Morgan fingerprint density at radius 2 is 1.72 bits per heavy atom. The van der Waals surface area contributed by atoms with Crippen LogP contribution in [0.3, 0.4) is 0 Å². The zero-order chi connectivity index (χ0) is 47.9. The summed E-state index contributed by atoms with van der Waals surface area (Å²) in [7, 11) is -4.67. The molecule has 10 rings (SSSR count). The number of hydrogen-bond acceptors (Lipinski definition) is 13. The summed E-state index contributed by atoms with van der Waals surface area (Å²) in [5.74, 6) is 0.428. The molecule has 16 nitrogen and oxygen atoms in total. The third-order valence-electron chi connectivity index (χ3n) is 15.6. The summed E-state index contributed by atoms with van der Waals surface area (Å²) in [6.07, 6.45) is 13.7. The van der Waals surface area contributed by atoms with Gasteiger partial charge in [0, 0.05) is 94.0 Å². The number of fused-ring (bicyclic) bond motifs is 1. The highest BCUT2D eigenvalue weighted by Crippen LogP contribution is 2.54. The van der Waals surface area contributed by atoms with Gasteiger partial charge in [-0.05, 0) is 117 Å². The maximum atomic E-state index is 16.0. The number of H-pyrrole nitrogens is 1. The lowest BCUT2D eigenvalue weighted by Gasteiger charge is -2.56. The van der Waals surface area contributed by atoms with Crippen LogP contribution < -0.4 is 19.7 Å². The first-order chi connectivity index (χ1) is 33.3. The molecule has 4 saturated heterocycles. The second-order valence-electron chi connectivity index (χ2n) is 20.2. The molecular weight excluding hydrogens is 902 g/mol. The molecule has 1 spiro atoms. The zero-order valence-electron chi connectivity index (χ0n) is 39.4. The van der Waals surface area contributed by atoms with Crippen molar-refractivity contribution in [3.05, 3.63) is 106 Å². The molecule has 0 bridgehead atoms. The number of likely N-dealkylation sites (tertiary alicyclic amines) is 2. The van der Waals surface area contributed by atoms with Crippen molar-refractivity contribution in [2.45, 2.75) is 113 Å². The number of nitrogens with one attached hydrogen (secondary N) is 3. The van der Waals surface area contributed by atoms with Crippen LogP contribution in [0.4, 0.5) is 21.6 Å². The van der Waals surface area contributed by atoms with Gasteiger partial charge in [0.25, 0.3) is 21.6 Å². The van der Waals surface area contributed by atoms with Crippen molar-refractivity contribution in [2.75, 3.05) is 62.7 Å². The maximum absolute atomic E-state index is 16.0. The van der Waals surface area contributed by atoms with Gasteiger partial charge in [-0.2, -0.15) is 0 Å². The molecule has 5 aromatic rings. The van der Waals surface area contributed by atoms with E-state index in [1.54, 1.807) is 18.3 Å². The lowest BCUT2D eigenvalue weighted by Crippen LogP contribution is -2.55. The van der Waals surface area contributed by atoms with Gasteiger partial charge in [-0.15, -0.1) is 0 Å². The first kappa shape index (κ1) is 47.0. The van der Waals surface area contributed by atoms with E-state index in [2.05, 4.69) is 77.8 Å². The molecular formula is C51H62FN9O7S. The number of rotatable bonds is 14. The Morgan fingerprint density at radius 3 is 2.48 bits per heavy atom. The maximum Gasteiger partial charge on any atom is 0.293 e. The summed E-state index contributed by atoms with van der Waals surface area (Å²) in [6.45, 7) is 9.57. The summed E-state index contributed by atoms with van der Waals surface area (Å²) in [4.78, 5) is 44.5. The summed E-state index contributed by atoms with van der Waals surface area (Å²) >= 11 is 0. The van der Waals surface area contributed by atoms with E-state index in [9.17, 15) is 23.3 Å². The van der Waals surface area contributed by atoms with Crippen LogP contribution in [0.5, 0.6) is 11.5 Å². The lowest BCUT2D eigenvalue weighted by molar-refractivity contribution is -0.384. The van der Waals surface area contributed by atoms with E-state index >= 15 is 4.39 Å². The summed E-state index contributed by atoms with van der Waals surface area (Å²) in [5.41, 5.74) is 1.49. The highest BCUT2D eigenvalue weighted by molar-refractivity contribution is 7.90. The molecule has 4 aliphatic heterocycles. The summed E-state index contributed by atoms with van der Waals surface area (Å²) < 4.78 is 57.5. The molecule has 3 N–H and O–H groups in total. The van der Waals surface area contributed by atoms with Gasteiger partial charge in [-0.1, -0.05) is 38.1 Å². The van der Waals surface area contributed by atoms with Gasteiger partial charge in [0.05, 0.1) is 16.0 Å². The van der Waals surface area contributed by atoms with E-state index < -0.39 is 37.1 Å².